The smallest absolute Gasteiger partial charge is 0.312 e. The summed E-state index contributed by atoms with van der Waals surface area (Å²) in [6, 6.07) is 0.0863. The number of carboxylic acid groups (broad SMARTS) is 1. The molecule has 2 N–H and O–H groups in total. The second kappa shape index (κ2) is 5.14. The van der Waals surface area contributed by atoms with E-state index < -0.39 is 11.9 Å². The number of aromatic nitrogens is 2. The van der Waals surface area contributed by atoms with Gasteiger partial charge in [0.05, 0.1) is 11.7 Å². The third kappa shape index (κ3) is 2.43. The fourth-order valence-electron chi connectivity index (χ4n) is 2.35. The number of rotatable bonds is 4. The van der Waals surface area contributed by atoms with Crippen molar-refractivity contribution in [3.8, 4) is 0 Å². The first-order valence-electron chi connectivity index (χ1n) is 6.45. The first kappa shape index (κ1) is 13.5. The Morgan fingerprint density at radius 3 is 3.00 bits per heavy atom. The lowest BCUT2D eigenvalue weighted by molar-refractivity contribution is -0.138. The zero-order valence-electron chi connectivity index (χ0n) is 11.2. The minimum absolute atomic E-state index is 0.0863. The third-order valence-electron chi connectivity index (χ3n) is 3.36. The molecule has 0 bridgehead atoms. The third-order valence-corrected chi connectivity index (χ3v) is 5.57. The van der Waals surface area contributed by atoms with Crippen LogP contribution >= 0.6 is 22.7 Å². The van der Waals surface area contributed by atoms with Crippen molar-refractivity contribution in [2.24, 2.45) is 0 Å². The number of thiazole rings is 2. The summed E-state index contributed by atoms with van der Waals surface area (Å²) in [7, 11) is 0. The summed E-state index contributed by atoms with van der Waals surface area (Å²) in [6.07, 6.45) is 1.49. The van der Waals surface area contributed by atoms with Crippen molar-refractivity contribution < 1.29 is 9.90 Å². The van der Waals surface area contributed by atoms with E-state index >= 15 is 0 Å². The van der Waals surface area contributed by atoms with E-state index in [-0.39, 0.29) is 6.04 Å². The molecule has 1 aliphatic rings. The summed E-state index contributed by atoms with van der Waals surface area (Å²) in [5.74, 6) is -1.21. The van der Waals surface area contributed by atoms with Crippen molar-refractivity contribution >= 4 is 33.8 Å². The van der Waals surface area contributed by atoms with Crippen molar-refractivity contribution in [1.82, 2.24) is 9.97 Å². The van der Waals surface area contributed by atoms with Crippen LogP contribution in [0.4, 0.5) is 5.13 Å². The van der Waals surface area contributed by atoms with Crippen LogP contribution in [-0.4, -0.2) is 21.0 Å². The van der Waals surface area contributed by atoms with E-state index in [0.29, 0.717) is 6.42 Å². The van der Waals surface area contributed by atoms with E-state index in [2.05, 4.69) is 15.3 Å². The average Bonchev–Trinajstić information content (AvgIpc) is 3.03. The van der Waals surface area contributed by atoms with E-state index in [4.69, 9.17) is 5.11 Å². The number of carboxylic acids is 1. The second-order valence-electron chi connectivity index (χ2n) is 4.95. The fourth-order valence-corrected chi connectivity index (χ4v) is 4.28. The van der Waals surface area contributed by atoms with Gasteiger partial charge in [0.2, 0.25) is 0 Å². The highest BCUT2D eigenvalue weighted by Crippen LogP contribution is 2.39. The molecule has 0 aliphatic heterocycles. The first-order valence-corrected chi connectivity index (χ1v) is 8.15. The predicted octanol–water partition coefficient (Wildman–Crippen LogP) is 3.20. The molecule has 2 heterocycles. The SMILES string of the molecule is Cc1csc(C(C)Nc2nc3c(s2)CCC3C(=O)O)n1. The highest BCUT2D eigenvalue weighted by atomic mass is 32.1. The normalized spacial score (nSPS) is 18.8. The topological polar surface area (TPSA) is 75.1 Å². The molecular formula is C13H15N3O2S2. The van der Waals surface area contributed by atoms with Gasteiger partial charge in [0, 0.05) is 16.0 Å². The maximum absolute atomic E-state index is 11.2. The lowest BCUT2D eigenvalue weighted by Gasteiger charge is -2.09. The van der Waals surface area contributed by atoms with Gasteiger partial charge in [-0.15, -0.1) is 22.7 Å². The Kier molecular flexibility index (Phi) is 3.47. The van der Waals surface area contributed by atoms with Gasteiger partial charge < -0.3 is 10.4 Å². The first-order chi connectivity index (χ1) is 9.54. The molecule has 0 spiro atoms. The van der Waals surface area contributed by atoms with Crippen molar-refractivity contribution in [3.05, 3.63) is 26.7 Å². The molecule has 0 amide bonds. The van der Waals surface area contributed by atoms with Gasteiger partial charge in [0.15, 0.2) is 5.13 Å². The lowest BCUT2D eigenvalue weighted by Crippen LogP contribution is -2.10. The molecule has 1 aliphatic carbocycles. The number of aryl methyl sites for hydroxylation is 2. The summed E-state index contributed by atoms with van der Waals surface area (Å²) < 4.78 is 0. The van der Waals surface area contributed by atoms with E-state index in [0.717, 1.165) is 32.8 Å². The van der Waals surface area contributed by atoms with Crippen LogP contribution in [0.2, 0.25) is 0 Å². The summed E-state index contributed by atoms with van der Waals surface area (Å²) in [5, 5.41) is 16.3. The standard InChI is InChI=1S/C13H15N3O2S2/c1-6-5-19-11(14-6)7(2)15-13-16-10-8(12(17)18)3-4-9(10)20-13/h5,7-8H,3-4H2,1-2H3,(H,15,16)(H,17,18). The van der Waals surface area contributed by atoms with Crippen LogP contribution < -0.4 is 5.32 Å². The molecule has 0 fully saturated rings. The molecule has 2 atom stereocenters. The molecular weight excluding hydrogens is 294 g/mol. The monoisotopic (exact) mass is 309 g/mol. The van der Waals surface area contributed by atoms with Gasteiger partial charge >= 0.3 is 5.97 Å². The van der Waals surface area contributed by atoms with Crippen LogP contribution in [0.15, 0.2) is 5.38 Å². The van der Waals surface area contributed by atoms with E-state index in [1.165, 1.54) is 0 Å². The van der Waals surface area contributed by atoms with Crippen LogP contribution in [0.3, 0.4) is 0 Å². The Labute approximate surface area is 124 Å². The van der Waals surface area contributed by atoms with Crippen LogP contribution in [0.1, 0.15) is 46.6 Å². The highest BCUT2D eigenvalue weighted by Gasteiger charge is 2.32. The zero-order chi connectivity index (χ0) is 14.3. The molecule has 0 saturated heterocycles. The van der Waals surface area contributed by atoms with Crippen molar-refractivity contribution in [3.63, 3.8) is 0 Å². The number of nitrogens with zero attached hydrogens (tertiary/aromatic N) is 2. The largest absolute Gasteiger partial charge is 0.481 e. The van der Waals surface area contributed by atoms with Gasteiger partial charge in [-0.05, 0) is 26.7 Å². The molecule has 3 rings (SSSR count). The molecule has 0 aromatic carbocycles. The van der Waals surface area contributed by atoms with Crippen LogP contribution in [0.5, 0.6) is 0 Å². The number of fused-ring (bicyclic) bond motifs is 1. The molecule has 106 valence electrons. The number of nitrogens with one attached hydrogen (secondary N) is 1. The predicted molar refractivity (Wildman–Crippen MR) is 79.7 cm³/mol. The van der Waals surface area contributed by atoms with Crippen molar-refractivity contribution in [2.45, 2.75) is 38.6 Å². The lowest BCUT2D eigenvalue weighted by atomic mass is 10.1. The molecule has 20 heavy (non-hydrogen) atoms. The Balaban J connectivity index is 1.76. The maximum Gasteiger partial charge on any atom is 0.312 e. The molecule has 2 aromatic heterocycles. The Morgan fingerprint density at radius 1 is 1.55 bits per heavy atom. The zero-order valence-corrected chi connectivity index (χ0v) is 12.8. The van der Waals surface area contributed by atoms with E-state index in [1.807, 2.05) is 19.2 Å². The molecule has 7 heteroatoms. The number of aliphatic carboxylic acids is 1. The van der Waals surface area contributed by atoms with Gasteiger partial charge in [0.25, 0.3) is 0 Å². The van der Waals surface area contributed by atoms with Crippen LogP contribution in [0.25, 0.3) is 0 Å². The Bertz CT molecular complexity index is 650. The Morgan fingerprint density at radius 2 is 2.35 bits per heavy atom. The quantitative estimate of drug-likeness (QED) is 0.907. The van der Waals surface area contributed by atoms with Crippen LogP contribution in [-0.2, 0) is 11.2 Å². The van der Waals surface area contributed by atoms with Gasteiger partial charge in [-0.3, -0.25) is 4.79 Å². The molecule has 0 saturated carbocycles. The van der Waals surface area contributed by atoms with Gasteiger partial charge in [-0.2, -0.15) is 0 Å². The second-order valence-corrected chi connectivity index (χ2v) is 6.92. The minimum Gasteiger partial charge on any atom is -0.481 e. The molecule has 0 radical (unpaired) electrons. The van der Waals surface area contributed by atoms with Gasteiger partial charge in [0.1, 0.15) is 10.9 Å². The van der Waals surface area contributed by atoms with Crippen molar-refractivity contribution in [1.29, 1.82) is 0 Å². The number of anilines is 1. The summed E-state index contributed by atoms with van der Waals surface area (Å²) in [6.45, 7) is 4.02. The highest BCUT2D eigenvalue weighted by molar-refractivity contribution is 7.15. The molecule has 5 nitrogen and oxygen atoms in total. The van der Waals surface area contributed by atoms with Gasteiger partial charge in [-0.1, -0.05) is 0 Å². The molecule has 2 unspecified atom stereocenters. The number of hydrogen-bond donors (Lipinski definition) is 2. The number of carbonyl (C=O) groups is 1. The van der Waals surface area contributed by atoms with E-state index in [9.17, 15) is 4.79 Å². The molecule has 2 aromatic rings. The van der Waals surface area contributed by atoms with Crippen molar-refractivity contribution in [2.75, 3.05) is 5.32 Å². The summed E-state index contributed by atoms with van der Waals surface area (Å²) >= 11 is 3.19. The maximum atomic E-state index is 11.2. The van der Waals surface area contributed by atoms with Gasteiger partial charge in [-0.25, -0.2) is 9.97 Å². The summed E-state index contributed by atoms with van der Waals surface area (Å²) in [4.78, 5) is 21.2. The average molecular weight is 309 g/mol. The minimum atomic E-state index is -0.774. The van der Waals surface area contributed by atoms with Crippen LogP contribution in [0, 0.1) is 6.92 Å². The Hall–Kier alpha value is -1.47. The summed E-state index contributed by atoms with van der Waals surface area (Å²) in [5.41, 5.74) is 1.76. The fraction of sp³-hybridized carbons (Fsp3) is 0.462. The van der Waals surface area contributed by atoms with E-state index in [1.54, 1.807) is 22.7 Å². The number of hydrogen-bond acceptors (Lipinski definition) is 6.